The van der Waals surface area contributed by atoms with Crippen LogP contribution in [0.5, 0.6) is 5.75 Å². The minimum atomic E-state index is -0.113. The maximum Gasteiger partial charge on any atom is 0.251 e. The fourth-order valence-corrected chi connectivity index (χ4v) is 4.02. The van der Waals surface area contributed by atoms with Gasteiger partial charge in [-0.05, 0) is 49.2 Å². The number of aromatic nitrogens is 2. The number of benzene rings is 1. The number of pyridine rings is 1. The van der Waals surface area contributed by atoms with Crippen LogP contribution in [-0.4, -0.2) is 40.0 Å². The Hall–Kier alpha value is -2.77. The van der Waals surface area contributed by atoms with Gasteiger partial charge >= 0.3 is 0 Å². The van der Waals surface area contributed by atoms with Gasteiger partial charge in [0.25, 0.3) is 5.91 Å². The Morgan fingerprint density at radius 2 is 1.93 bits per heavy atom. The van der Waals surface area contributed by atoms with Gasteiger partial charge in [0.15, 0.2) is 0 Å². The summed E-state index contributed by atoms with van der Waals surface area (Å²) in [7, 11) is 0. The minimum absolute atomic E-state index is 0.113. The summed E-state index contributed by atoms with van der Waals surface area (Å²) in [4.78, 5) is 23.3. The van der Waals surface area contributed by atoms with E-state index in [1.165, 1.54) is 5.01 Å². The molecule has 2 aromatic heterocycles. The molecule has 3 heterocycles. The average molecular weight is 409 g/mol. The van der Waals surface area contributed by atoms with Gasteiger partial charge in [-0.15, -0.1) is 11.3 Å². The van der Waals surface area contributed by atoms with E-state index in [1.807, 2.05) is 41.9 Å². The lowest BCUT2D eigenvalue weighted by molar-refractivity contribution is 0.0947. The predicted octanol–water partition coefficient (Wildman–Crippen LogP) is 3.51. The van der Waals surface area contributed by atoms with Crippen molar-refractivity contribution >= 4 is 17.2 Å². The summed E-state index contributed by atoms with van der Waals surface area (Å²) in [5.41, 5.74) is 1.45. The second-order valence-corrected chi connectivity index (χ2v) is 8.03. The summed E-state index contributed by atoms with van der Waals surface area (Å²) in [6, 6.07) is 13.0. The third-order valence-corrected chi connectivity index (χ3v) is 5.72. The van der Waals surface area contributed by atoms with Gasteiger partial charge in [0.1, 0.15) is 16.9 Å². The van der Waals surface area contributed by atoms with Crippen LogP contribution in [-0.2, 0) is 13.1 Å². The Morgan fingerprint density at radius 3 is 2.62 bits per heavy atom. The molecule has 4 rings (SSSR count). The number of rotatable bonds is 7. The van der Waals surface area contributed by atoms with Crippen LogP contribution in [0.15, 0.2) is 60.2 Å². The molecule has 1 N–H and O–H groups in total. The van der Waals surface area contributed by atoms with E-state index in [0.717, 1.165) is 43.9 Å². The van der Waals surface area contributed by atoms with Gasteiger partial charge in [0.05, 0.1) is 18.8 Å². The molecule has 1 fully saturated rings. The Balaban J connectivity index is 1.23. The Morgan fingerprint density at radius 1 is 1.10 bits per heavy atom. The van der Waals surface area contributed by atoms with E-state index >= 15 is 0 Å². The number of ether oxygens (including phenoxy) is 1. The molecule has 29 heavy (non-hydrogen) atoms. The first kappa shape index (κ1) is 19.5. The maximum absolute atomic E-state index is 12.3. The first-order valence-electron chi connectivity index (χ1n) is 9.82. The van der Waals surface area contributed by atoms with E-state index in [9.17, 15) is 4.79 Å². The molecule has 1 aliphatic rings. The first-order valence-corrected chi connectivity index (χ1v) is 10.7. The monoisotopic (exact) mass is 408 g/mol. The second kappa shape index (κ2) is 9.62. The van der Waals surface area contributed by atoms with Crippen molar-refractivity contribution in [2.45, 2.75) is 32.0 Å². The Labute approximate surface area is 174 Å². The Kier molecular flexibility index (Phi) is 6.49. The summed E-state index contributed by atoms with van der Waals surface area (Å²) in [6.45, 7) is 3.36. The largest absolute Gasteiger partial charge is 0.490 e. The first-order chi connectivity index (χ1) is 14.3. The van der Waals surface area contributed by atoms with Gasteiger partial charge in [0, 0.05) is 36.4 Å². The predicted molar refractivity (Wildman–Crippen MR) is 113 cm³/mol. The quantitative estimate of drug-likeness (QED) is 0.648. The molecule has 0 saturated carbocycles. The lowest BCUT2D eigenvalue weighted by Gasteiger charge is -2.31. The lowest BCUT2D eigenvalue weighted by Crippen LogP contribution is -2.37. The van der Waals surface area contributed by atoms with Gasteiger partial charge in [-0.25, -0.2) is 4.98 Å². The molecule has 0 atom stereocenters. The molecule has 1 aliphatic heterocycles. The summed E-state index contributed by atoms with van der Waals surface area (Å²) in [5.74, 6) is 0.697. The molecule has 1 aromatic carbocycles. The molecule has 0 aliphatic carbocycles. The number of nitrogens with one attached hydrogen (secondary N) is 1. The molecular weight excluding hydrogens is 384 g/mol. The van der Waals surface area contributed by atoms with Crippen molar-refractivity contribution in [2.24, 2.45) is 0 Å². The second-order valence-electron chi connectivity index (χ2n) is 7.05. The normalized spacial score (nSPS) is 15.2. The number of carbonyl (C=O) groups is 1. The van der Waals surface area contributed by atoms with Gasteiger partial charge < -0.3 is 10.1 Å². The summed E-state index contributed by atoms with van der Waals surface area (Å²) in [5, 5.41) is 6.08. The summed E-state index contributed by atoms with van der Waals surface area (Å²) < 4.78 is 6.12. The minimum Gasteiger partial charge on any atom is -0.490 e. The van der Waals surface area contributed by atoms with Gasteiger partial charge in [-0.1, -0.05) is 6.07 Å². The molecule has 1 amide bonds. The molecule has 0 radical (unpaired) electrons. The Bertz CT molecular complexity index is 892. The van der Waals surface area contributed by atoms with Crippen molar-refractivity contribution in [2.75, 3.05) is 13.1 Å². The fourth-order valence-electron chi connectivity index (χ4n) is 3.36. The molecule has 3 aromatic rings. The summed E-state index contributed by atoms with van der Waals surface area (Å²) in [6.07, 6.45) is 5.79. The van der Waals surface area contributed by atoms with E-state index in [0.29, 0.717) is 12.1 Å². The van der Waals surface area contributed by atoms with Crippen LogP contribution in [0.3, 0.4) is 0 Å². The fraction of sp³-hybridized carbons (Fsp3) is 0.318. The van der Waals surface area contributed by atoms with Crippen molar-refractivity contribution < 1.29 is 9.53 Å². The zero-order valence-corrected chi connectivity index (χ0v) is 17.0. The number of hydrogen-bond acceptors (Lipinski definition) is 6. The van der Waals surface area contributed by atoms with Gasteiger partial charge in [0.2, 0.25) is 0 Å². The smallest absolute Gasteiger partial charge is 0.251 e. The van der Waals surface area contributed by atoms with E-state index in [4.69, 9.17) is 4.74 Å². The molecular formula is C22H24N4O2S. The van der Waals surface area contributed by atoms with Gasteiger partial charge in [-0.2, -0.15) is 0 Å². The molecule has 6 nitrogen and oxygen atoms in total. The van der Waals surface area contributed by atoms with Crippen molar-refractivity contribution in [1.29, 1.82) is 0 Å². The highest BCUT2D eigenvalue weighted by Crippen LogP contribution is 2.21. The van der Waals surface area contributed by atoms with Crippen LogP contribution in [0.2, 0.25) is 0 Å². The maximum atomic E-state index is 12.3. The van der Waals surface area contributed by atoms with Crippen molar-refractivity contribution in [3.8, 4) is 5.75 Å². The number of thiazole rings is 1. The topological polar surface area (TPSA) is 67.3 Å². The van der Waals surface area contributed by atoms with Gasteiger partial charge in [-0.3, -0.25) is 14.7 Å². The highest BCUT2D eigenvalue weighted by atomic mass is 32.1. The third-order valence-electron chi connectivity index (χ3n) is 4.95. The van der Waals surface area contributed by atoms with Crippen molar-refractivity contribution in [3.63, 3.8) is 0 Å². The van der Waals surface area contributed by atoms with Crippen LogP contribution in [0.4, 0.5) is 0 Å². The van der Waals surface area contributed by atoms with Crippen molar-refractivity contribution in [3.05, 3.63) is 76.5 Å². The highest BCUT2D eigenvalue weighted by molar-refractivity contribution is 7.09. The van der Waals surface area contributed by atoms with Crippen molar-refractivity contribution in [1.82, 2.24) is 20.2 Å². The zero-order chi connectivity index (χ0) is 19.9. The SMILES string of the molecule is O=C(NCc1ccccn1)c1ccc(OC2CCN(Cc3nccs3)CC2)cc1. The zero-order valence-electron chi connectivity index (χ0n) is 16.2. The van der Waals surface area contributed by atoms with E-state index < -0.39 is 0 Å². The highest BCUT2D eigenvalue weighted by Gasteiger charge is 2.21. The third kappa shape index (κ3) is 5.62. The number of nitrogens with zero attached hydrogens (tertiary/aromatic N) is 3. The molecule has 7 heteroatoms. The summed E-state index contributed by atoms with van der Waals surface area (Å²) >= 11 is 1.71. The number of hydrogen-bond donors (Lipinski definition) is 1. The number of piperidine rings is 1. The molecule has 0 spiro atoms. The number of likely N-dealkylation sites (tertiary alicyclic amines) is 1. The van der Waals surface area contributed by atoms with Crippen LogP contribution in [0, 0.1) is 0 Å². The van der Waals surface area contributed by atoms with Crippen LogP contribution < -0.4 is 10.1 Å². The van der Waals surface area contributed by atoms with E-state index in [2.05, 4.69) is 20.2 Å². The average Bonchev–Trinajstić information content (AvgIpc) is 3.28. The molecule has 0 unspecified atom stereocenters. The van der Waals surface area contributed by atoms with Crippen LogP contribution in [0.1, 0.15) is 33.9 Å². The van der Waals surface area contributed by atoms with Crippen LogP contribution in [0.25, 0.3) is 0 Å². The van der Waals surface area contributed by atoms with Crippen LogP contribution >= 0.6 is 11.3 Å². The number of carbonyl (C=O) groups excluding carboxylic acids is 1. The van der Waals surface area contributed by atoms with E-state index in [1.54, 1.807) is 29.7 Å². The standard InChI is InChI=1S/C22H24N4O2S/c27-22(25-15-18-3-1-2-10-23-18)17-4-6-19(7-5-17)28-20-8-12-26(13-9-20)16-21-24-11-14-29-21/h1-7,10-11,14,20H,8-9,12-13,15-16H2,(H,25,27). The molecule has 0 bridgehead atoms. The molecule has 150 valence electrons. The lowest BCUT2D eigenvalue weighted by atomic mass is 10.1. The van der Waals surface area contributed by atoms with E-state index in [-0.39, 0.29) is 12.0 Å². The molecule has 1 saturated heterocycles. The number of amides is 1.